The zero-order valence-corrected chi connectivity index (χ0v) is 15.3. The van der Waals surface area contributed by atoms with E-state index in [1.54, 1.807) is 0 Å². The van der Waals surface area contributed by atoms with Crippen molar-refractivity contribution in [3.05, 3.63) is 77.3 Å². The Kier molecular flexibility index (Phi) is 5.74. The van der Waals surface area contributed by atoms with Crippen LogP contribution >= 0.6 is 0 Å². The summed E-state index contributed by atoms with van der Waals surface area (Å²) >= 11 is 0. The molecule has 7 heteroatoms. The fourth-order valence-electron chi connectivity index (χ4n) is 2.72. The maximum absolute atomic E-state index is 13.3. The van der Waals surface area contributed by atoms with Crippen LogP contribution < -0.4 is 5.32 Å². The van der Waals surface area contributed by atoms with Gasteiger partial charge in [-0.3, -0.25) is 0 Å². The van der Waals surface area contributed by atoms with Gasteiger partial charge in [0.15, 0.2) is 5.76 Å². The molecule has 2 aromatic carbocycles. The normalized spacial score (nSPS) is 10.4. The topological polar surface area (TPSA) is 77.8 Å². The van der Waals surface area contributed by atoms with Crippen LogP contribution in [0.1, 0.15) is 26.5 Å². The zero-order chi connectivity index (χ0) is 20.1. The lowest BCUT2D eigenvalue weighted by Crippen LogP contribution is -2.12. The molecule has 28 heavy (non-hydrogen) atoms. The van der Waals surface area contributed by atoms with Crippen molar-refractivity contribution in [3.8, 4) is 11.3 Å². The van der Waals surface area contributed by atoms with E-state index in [0.717, 1.165) is 5.56 Å². The van der Waals surface area contributed by atoms with Crippen molar-refractivity contribution in [3.63, 3.8) is 0 Å². The summed E-state index contributed by atoms with van der Waals surface area (Å²) in [6.07, 6.45) is 0. The van der Waals surface area contributed by atoms with Crippen LogP contribution in [0.5, 0.6) is 0 Å². The minimum absolute atomic E-state index is 0.0791. The summed E-state index contributed by atoms with van der Waals surface area (Å²) in [5.41, 5.74) is 1.62. The van der Waals surface area contributed by atoms with E-state index >= 15 is 0 Å². The summed E-state index contributed by atoms with van der Waals surface area (Å²) in [7, 11) is 2.38. The molecule has 0 bridgehead atoms. The van der Waals surface area contributed by atoms with Crippen LogP contribution in [0.25, 0.3) is 11.3 Å². The van der Waals surface area contributed by atoms with Crippen molar-refractivity contribution in [2.75, 3.05) is 19.5 Å². The summed E-state index contributed by atoms with van der Waals surface area (Å²) in [5.74, 6) is -2.08. The van der Waals surface area contributed by atoms with Crippen molar-refractivity contribution < 1.29 is 27.9 Å². The average Bonchev–Trinajstić information content (AvgIpc) is 3.11. The Hall–Kier alpha value is -3.61. The number of halogens is 1. The van der Waals surface area contributed by atoms with Crippen LogP contribution in [-0.2, 0) is 16.0 Å². The van der Waals surface area contributed by atoms with Gasteiger partial charge in [0.25, 0.3) is 0 Å². The van der Waals surface area contributed by atoms with Crippen LogP contribution in [0.4, 0.5) is 10.1 Å². The molecule has 0 saturated carbocycles. The minimum atomic E-state index is -0.823. The molecule has 0 aliphatic carbocycles. The second-order valence-electron chi connectivity index (χ2n) is 5.84. The third-order valence-electron chi connectivity index (χ3n) is 4.09. The molecule has 0 aliphatic rings. The highest BCUT2D eigenvalue weighted by Gasteiger charge is 2.31. The molecule has 1 heterocycles. The van der Waals surface area contributed by atoms with Crippen molar-refractivity contribution in [1.29, 1.82) is 0 Å². The predicted octanol–water partition coefficient (Wildman–Crippen LogP) is 4.27. The first-order chi connectivity index (χ1) is 13.5. The highest BCUT2D eigenvalue weighted by molar-refractivity contribution is 6.08. The molecule has 0 fully saturated rings. The number of methoxy groups -OCH3 is 2. The molecule has 0 spiro atoms. The van der Waals surface area contributed by atoms with E-state index in [1.165, 1.54) is 38.5 Å². The molecule has 0 aliphatic heterocycles. The minimum Gasteiger partial charge on any atom is -0.465 e. The van der Waals surface area contributed by atoms with Crippen LogP contribution in [0, 0.1) is 5.82 Å². The van der Waals surface area contributed by atoms with Crippen molar-refractivity contribution in [2.45, 2.75) is 6.54 Å². The number of rotatable bonds is 6. The Morgan fingerprint density at radius 1 is 0.964 bits per heavy atom. The second kappa shape index (κ2) is 8.39. The van der Waals surface area contributed by atoms with Crippen LogP contribution in [-0.4, -0.2) is 26.2 Å². The Labute approximate surface area is 160 Å². The second-order valence-corrected chi connectivity index (χ2v) is 5.84. The van der Waals surface area contributed by atoms with Gasteiger partial charge in [0, 0.05) is 12.1 Å². The molecule has 3 rings (SSSR count). The van der Waals surface area contributed by atoms with E-state index in [0.29, 0.717) is 12.1 Å². The van der Waals surface area contributed by atoms with Crippen LogP contribution in [0.2, 0.25) is 0 Å². The monoisotopic (exact) mass is 383 g/mol. The van der Waals surface area contributed by atoms with Crippen molar-refractivity contribution >= 4 is 17.6 Å². The Bertz CT molecular complexity index is 980. The first kappa shape index (κ1) is 19.2. The maximum atomic E-state index is 13.3. The van der Waals surface area contributed by atoms with Gasteiger partial charge >= 0.3 is 11.9 Å². The highest BCUT2D eigenvalue weighted by Crippen LogP contribution is 2.37. The first-order valence-electron chi connectivity index (χ1n) is 8.42. The molecule has 0 atom stereocenters. The van der Waals surface area contributed by atoms with Gasteiger partial charge in [-0.2, -0.15) is 0 Å². The lowest BCUT2D eigenvalue weighted by atomic mass is 10.1. The molecular weight excluding hydrogens is 365 g/mol. The van der Waals surface area contributed by atoms with Gasteiger partial charge in [-0.25, -0.2) is 14.0 Å². The first-order valence-corrected chi connectivity index (χ1v) is 8.42. The smallest absolute Gasteiger partial charge is 0.374 e. The number of carbonyl (C=O) groups excluding carboxylic acids is 2. The number of hydrogen-bond donors (Lipinski definition) is 1. The SMILES string of the molecule is COC(=O)c1oc(-c2ccc(F)cc2)c(NCc2ccccc2)c1C(=O)OC. The summed E-state index contributed by atoms with van der Waals surface area (Å²) in [6.45, 7) is 0.360. The molecule has 1 aromatic heterocycles. The molecule has 1 N–H and O–H groups in total. The Morgan fingerprint density at radius 3 is 2.21 bits per heavy atom. The van der Waals surface area contributed by atoms with Crippen molar-refractivity contribution in [1.82, 2.24) is 0 Å². The summed E-state index contributed by atoms with van der Waals surface area (Å²) in [6, 6.07) is 15.0. The molecule has 0 unspecified atom stereocenters. The van der Waals surface area contributed by atoms with Gasteiger partial charge in [0.1, 0.15) is 11.4 Å². The van der Waals surface area contributed by atoms with E-state index in [-0.39, 0.29) is 22.8 Å². The molecule has 0 saturated heterocycles. The van der Waals surface area contributed by atoms with Gasteiger partial charge in [0.2, 0.25) is 5.76 Å². The molecular formula is C21H18FNO5. The van der Waals surface area contributed by atoms with Gasteiger partial charge in [-0.15, -0.1) is 0 Å². The maximum Gasteiger partial charge on any atom is 0.374 e. The van der Waals surface area contributed by atoms with E-state index < -0.39 is 17.8 Å². The third kappa shape index (κ3) is 3.88. The van der Waals surface area contributed by atoms with E-state index in [9.17, 15) is 14.0 Å². The number of nitrogens with one attached hydrogen (secondary N) is 1. The largest absolute Gasteiger partial charge is 0.465 e. The van der Waals surface area contributed by atoms with E-state index in [1.807, 2.05) is 30.3 Å². The Morgan fingerprint density at radius 2 is 1.61 bits per heavy atom. The lowest BCUT2D eigenvalue weighted by Gasteiger charge is -2.09. The molecule has 6 nitrogen and oxygen atoms in total. The number of carbonyl (C=O) groups is 2. The summed E-state index contributed by atoms with van der Waals surface area (Å²) in [5, 5.41) is 3.13. The molecule has 0 radical (unpaired) electrons. The van der Waals surface area contributed by atoms with Gasteiger partial charge < -0.3 is 19.2 Å². The third-order valence-corrected chi connectivity index (χ3v) is 4.09. The van der Waals surface area contributed by atoms with Crippen LogP contribution in [0.15, 0.2) is 59.0 Å². The molecule has 0 amide bonds. The number of furan rings is 1. The molecule has 144 valence electrons. The fourth-order valence-corrected chi connectivity index (χ4v) is 2.72. The number of ether oxygens (including phenoxy) is 2. The summed E-state index contributed by atoms with van der Waals surface area (Å²) < 4.78 is 28.6. The number of benzene rings is 2. The summed E-state index contributed by atoms with van der Waals surface area (Å²) in [4.78, 5) is 24.6. The quantitative estimate of drug-likeness (QED) is 0.641. The molecule has 3 aromatic rings. The van der Waals surface area contributed by atoms with Gasteiger partial charge in [0.05, 0.1) is 19.9 Å². The average molecular weight is 383 g/mol. The number of esters is 2. The van der Waals surface area contributed by atoms with Crippen molar-refractivity contribution in [2.24, 2.45) is 0 Å². The Balaban J connectivity index is 2.13. The standard InChI is InChI=1S/C21H18FNO5/c1-26-20(24)16-17(23-12-13-6-4-3-5-7-13)18(28-19(16)21(25)27-2)14-8-10-15(22)11-9-14/h3-11,23H,12H2,1-2H3. The fraction of sp³-hybridized carbons (Fsp3) is 0.143. The van der Waals surface area contributed by atoms with Crippen LogP contribution in [0.3, 0.4) is 0 Å². The number of anilines is 1. The van der Waals surface area contributed by atoms with Gasteiger partial charge in [-0.05, 0) is 29.8 Å². The van der Waals surface area contributed by atoms with E-state index in [4.69, 9.17) is 13.9 Å². The van der Waals surface area contributed by atoms with Gasteiger partial charge in [-0.1, -0.05) is 30.3 Å². The number of hydrogen-bond acceptors (Lipinski definition) is 6. The lowest BCUT2D eigenvalue weighted by molar-refractivity contribution is 0.0529. The predicted molar refractivity (Wildman–Crippen MR) is 101 cm³/mol. The van der Waals surface area contributed by atoms with E-state index in [2.05, 4.69) is 5.32 Å². The zero-order valence-electron chi connectivity index (χ0n) is 15.3. The highest BCUT2D eigenvalue weighted by atomic mass is 19.1.